The third-order valence-electron chi connectivity index (χ3n) is 7.92. The zero-order chi connectivity index (χ0) is 30.5. The predicted molar refractivity (Wildman–Crippen MR) is 169 cm³/mol. The Morgan fingerprint density at radius 3 is 2.14 bits per heavy atom. The lowest BCUT2D eigenvalue weighted by Crippen LogP contribution is -2.46. The molecule has 2 aromatic heterocycles. The minimum Gasteiger partial charge on any atom is -0.481 e. The van der Waals surface area contributed by atoms with Gasteiger partial charge in [-0.1, -0.05) is 60.7 Å². The Morgan fingerprint density at radius 2 is 1.48 bits per heavy atom. The maximum absolute atomic E-state index is 13.7. The molecule has 6 rings (SSSR count). The summed E-state index contributed by atoms with van der Waals surface area (Å²) < 4.78 is 15.5. The number of fused-ring (bicyclic) bond motifs is 1. The van der Waals surface area contributed by atoms with Gasteiger partial charge in [-0.05, 0) is 35.4 Å². The summed E-state index contributed by atoms with van der Waals surface area (Å²) in [6.45, 7) is 4.34. The van der Waals surface area contributed by atoms with Crippen molar-refractivity contribution in [2.75, 3.05) is 37.6 Å². The van der Waals surface area contributed by atoms with Gasteiger partial charge in [-0.25, -0.2) is 4.79 Å². The number of pyridine rings is 1. The van der Waals surface area contributed by atoms with E-state index in [4.69, 9.17) is 19.6 Å². The molecule has 0 radical (unpaired) electrons. The van der Waals surface area contributed by atoms with Crippen LogP contribution in [0.25, 0.3) is 16.7 Å². The van der Waals surface area contributed by atoms with E-state index in [9.17, 15) is 9.59 Å². The lowest BCUT2D eigenvalue weighted by atomic mass is 10.2. The molecule has 1 fully saturated rings. The summed E-state index contributed by atoms with van der Waals surface area (Å²) in [6.07, 6.45) is 0.146. The standard InChI is InChI=1S/C34H35N5O5/c1-36-30-22-27(38-20-18-37(19-21-38)17-16-32(40)41)12-13-28(30)39(34(36)42)29-14-15-31(43-23-25-8-4-2-5-9-25)35-33(29)44-24-26-10-6-3-7-11-26/h2-15,22H,16-21,23-24H2,1H3,(H,40,41). The van der Waals surface area contributed by atoms with E-state index in [2.05, 4.69) is 9.80 Å². The molecule has 0 bridgehead atoms. The minimum absolute atomic E-state index is 0.146. The Kier molecular flexibility index (Phi) is 8.60. The van der Waals surface area contributed by atoms with Gasteiger partial charge >= 0.3 is 11.7 Å². The minimum atomic E-state index is -0.776. The molecule has 3 aromatic carbocycles. The average Bonchev–Trinajstić information content (AvgIpc) is 3.31. The molecule has 1 N–H and O–H groups in total. The Bertz CT molecular complexity index is 1790. The highest BCUT2D eigenvalue weighted by molar-refractivity contribution is 5.82. The molecule has 226 valence electrons. The third kappa shape index (κ3) is 6.45. The van der Waals surface area contributed by atoms with E-state index < -0.39 is 5.97 Å². The number of aryl methyl sites for hydroxylation is 1. The maximum atomic E-state index is 13.7. The number of nitrogens with zero attached hydrogens (tertiary/aromatic N) is 5. The summed E-state index contributed by atoms with van der Waals surface area (Å²) >= 11 is 0. The molecular weight excluding hydrogens is 558 g/mol. The van der Waals surface area contributed by atoms with Gasteiger partial charge in [0.15, 0.2) is 0 Å². The number of benzene rings is 3. The van der Waals surface area contributed by atoms with Crippen molar-refractivity contribution in [3.63, 3.8) is 0 Å². The number of imidazole rings is 1. The van der Waals surface area contributed by atoms with Crippen LogP contribution in [0.2, 0.25) is 0 Å². The monoisotopic (exact) mass is 593 g/mol. The zero-order valence-corrected chi connectivity index (χ0v) is 24.6. The average molecular weight is 594 g/mol. The van der Waals surface area contributed by atoms with Crippen LogP contribution in [0.1, 0.15) is 17.5 Å². The molecule has 0 aliphatic carbocycles. The first-order valence-electron chi connectivity index (χ1n) is 14.7. The normalized spacial score (nSPS) is 13.7. The molecule has 0 spiro atoms. The third-order valence-corrected chi connectivity index (χ3v) is 7.92. The number of carboxylic acid groups (broad SMARTS) is 1. The second kappa shape index (κ2) is 13.0. The second-order valence-electron chi connectivity index (χ2n) is 10.8. The van der Waals surface area contributed by atoms with Crippen molar-refractivity contribution in [1.82, 2.24) is 19.0 Å². The maximum Gasteiger partial charge on any atom is 0.333 e. The van der Waals surface area contributed by atoms with E-state index in [1.165, 1.54) is 0 Å². The first-order valence-corrected chi connectivity index (χ1v) is 14.7. The molecule has 10 nitrogen and oxygen atoms in total. The van der Waals surface area contributed by atoms with E-state index in [1.54, 1.807) is 22.2 Å². The van der Waals surface area contributed by atoms with Gasteiger partial charge in [0.05, 0.1) is 17.5 Å². The van der Waals surface area contributed by atoms with E-state index in [0.29, 0.717) is 30.6 Å². The molecule has 1 aliphatic rings. The number of hydrogen-bond acceptors (Lipinski definition) is 7. The molecule has 44 heavy (non-hydrogen) atoms. The molecule has 0 atom stereocenters. The van der Waals surface area contributed by atoms with Gasteiger partial charge < -0.3 is 19.5 Å². The van der Waals surface area contributed by atoms with Gasteiger partial charge in [-0.3, -0.25) is 18.8 Å². The lowest BCUT2D eigenvalue weighted by Gasteiger charge is -2.36. The molecule has 5 aromatic rings. The van der Waals surface area contributed by atoms with Crippen LogP contribution in [0.5, 0.6) is 11.8 Å². The van der Waals surface area contributed by atoms with Crippen LogP contribution in [-0.2, 0) is 25.1 Å². The van der Waals surface area contributed by atoms with Crippen LogP contribution < -0.4 is 20.1 Å². The Hall–Kier alpha value is -5.09. The van der Waals surface area contributed by atoms with Crippen molar-refractivity contribution in [3.05, 3.63) is 113 Å². The van der Waals surface area contributed by atoms with Gasteiger partial charge in [0.25, 0.3) is 0 Å². The van der Waals surface area contributed by atoms with Crippen molar-refractivity contribution in [2.24, 2.45) is 7.05 Å². The number of hydrogen-bond donors (Lipinski definition) is 1. The molecule has 1 saturated heterocycles. The summed E-state index contributed by atoms with van der Waals surface area (Å²) in [6, 6.07) is 29.3. The number of rotatable bonds is 11. The zero-order valence-electron chi connectivity index (χ0n) is 24.6. The quantitative estimate of drug-likeness (QED) is 0.239. The number of ether oxygens (including phenoxy) is 2. The molecule has 0 saturated carbocycles. The van der Waals surface area contributed by atoms with Crippen molar-refractivity contribution in [2.45, 2.75) is 19.6 Å². The van der Waals surface area contributed by atoms with Crippen molar-refractivity contribution >= 4 is 22.7 Å². The second-order valence-corrected chi connectivity index (χ2v) is 10.8. The van der Waals surface area contributed by atoms with E-state index >= 15 is 0 Å². The SMILES string of the molecule is Cn1c(=O)n(-c2ccc(OCc3ccccc3)nc2OCc2ccccc2)c2ccc(N3CCN(CCC(=O)O)CC3)cc21. The molecule has 0 unspecified atom stereocenters. The largest absolute Gasteiger partial charge is 0.481 e. The van der Waals surface area contributed by atoms with E-state index in [-0.39, 0.29) is 18.7 Å². The first kappa shape index (κ1) is 29.0. The number of carbonyl (C=O) groups is 1. The van der Waals surface area contributed by atoms with Gasteiger partial charge in [0, 0.05) is 51.5 Å². The van der Waals surface area contributed by atoms with Crippen LogP contribution in [0.4, 0.5) is 5.69 Å². The highest BCUT2D eigenvalue weighted by Gasteiger charge is 2.22. The van der Waals surface area contributed by atoms with Crippen LogP contribution in [0, 0.1) is 0 Å². The number of carboxylic acids is 1. The highest BCUT2D eigenvalue weighted by atomic mass is 16.5. The van der Waals surface area contributed by atoms with Crippen LogP contribution in [0.15, 0.2) is 95.8 Å². The summed E-state index contributed by atoms with van der Waals surface area (Å²) in [5, 5.41) is 9.00. The van der Waals surface area contributed by atoms with Gasteiger partial charge in [-0.2, -0.15) is 4.98 Å². The highest BCUT2D eigenvalue weighted by Crippen LogP contribution is 2.30. The van der Waals surface area contributed by atoms with Crippen molar-refractivity contribution in [3.8, 4) is 17.4 Å². The summed E-state index contributed by atoms with van der Waals surface area (Å²) in [5.41, 5.74) is 4.88. The van der Waals surface area contributed by atoms with Crippen molar-refractivity contribution < 1.29 is 19.4 Å². The fraction of sp³-hybridized carbons (Fsp3) is 0.265. The lowest BCUT2D eigenvalue weighted by molar-refractivity contribution is -0.137. The number of piperazine rings is 1. The molecule has 10 heteroatoms. The van der Waals surface area contributed by atoms with E-state index in [1.807, 2.05) is 84.9 Å². The first-order chi connectivity index (χ1) is 21.5. The predicted octanol–water partition coefficient (Wildman–Crippen LogP) is 4.48. The number of aromatic nitrogens is 3. The van der Waals surface area contributed by atoms with Crippen LogP contribution in [-0.4, -0.2) is 62.8 Å². The molecule has 1 aliphatic heterocycles. The van der Waals surface area contributed by atoms with Crippen molar-refractivity contribution in [1.29, 1.82) is 0 Å². The summed E-state index contributed by atoms with van der Waals surface area (Å²) in [7, 11) is 1.77. The van der Waals surface area contributed by atoms with Gasteiger partial charge in [-0.15, -0.1) is 0 Å². The molecule has 0 amide bonds. The molecular formula is C34H35N5O5. The Balaban J connectivity index is 1.29. The van der Waals surface area contributed by atoms with Crippen LogP contribution in [0.3, 0.4) is 0 Å². The topological polar surface area (TPSA) is 102 Å². The fourth-order valence-corrected chi connectivity index (χ4v) is 5.47. The van der Waals surface area contributed by atoms with Crippen LogP contribution >= 0.6 is 0 Å². The van der Waals surface area contributed by atoms with Gasteiger partial charge in [0.2, 0.25) is 11.8 Å². The summed E-state index contributed by atoms with van der Waals surface area (Å²) in [4.78, 5) is 33.8. The number of anilines is 1. The molecule has 3 heterocycles. The smallest absolute Gasteiger partial charge is 0.333 e. The Morgan fingerprint density at radius 1 is 0.818 bits per heavy atom. The summed E-state index contributed by atoms with van der Waals surface area (Å²) in [5.74, 6) is -0.0733. The van der Waals surface area contributed by atoms with Gasteiger partial charge in [0.1, 0.15) is 18.9 Å². The Labute approximate surface area is 255 Å². The number of aliphatic carboxylic acids is 1. The van der Waals surface area contributed by atoms with E-state index in [0.717, 1.165) is 54.0 Å². The fourth-order valence-electron chi connectivity index (χ4n) is 5.47.